The van der Waals surface area contributed by atoms with E-state index in [2.05, 4.69) is 15.6 Å². The van der Waals surface area contributed by atoms with Crippen LogP contribution in [0.3, 0.4) is 0 Å². The van der Waals surface area contributed by atoms with Crippen LogP contribution in [0.2, 0.25) is 0 Å². The van der Waals surface area contributed by atoms with Gasteiger partial charge in [0.25, 0.3) is 0 Å². The smallest absolute Gasteiger partial charge is 0.191 e. The van der Waals surface area contributed by atoms with Crippen LogP contribution in [-0.4, -0.2) is 38.8 Å². The van der Waals surface area contributed by atoms with Crippen LogP contribution in [0, 0.1) is 5.92 Å². The van der Waals surface area contributed by atoms with Crippen molar-refractivity contribution >= 4 is 29.9 Å². The number of aliphatic imine (C=N–C) groups is 1. The van der Waals surface area contributed by atoms with Crippen molar-refractivity contribution in [2.75, 3.05) is 26.7 Å². The molecule has 0 aromatic rings. The molecule has 5 heteroatoms. The molecular weight excluding hydrogens is 341 g/mol. The highest BCUT2D eigenvalue weighted by Crippen LogP contribution is 2.23. The lowest BCUT2D eigenvalue weighted by atomic mass is 10.1. The number of halogens is 1. The summed E-state index contributed by atoms with van der Waals surface area (Å²) in [4.78, 5) is 4.25. The molecule has 0 radical (unpaired) electrons. The van der Waals surface area contributed by atoms with Crippen molar-refractivity contribution in [2.45, 2.75) is 44.6 Å². The van der Waals surface area contributed by atoms with Crippen molar-refractivity contribution in [1.29, 1.82) is 0 Å². The summed E-state index contributed by atoms with van der Waals surface area (Å²) < 4.78 is 5.58. The SMILES string of the molecule is CN=C(NCC1CCCC1)NCC1CCCO1.I. The van der Waals surface area contributed by atoms with Crippen molar-refractivity contribution < 1.29 is 4.74 Å². The van der Waals surface area contributed by atoms with E-state index in [1.54, 1.807) is 0 Å². The van der Waals surface area contributed by atoms with E-state index < -0.39 is 0 Å². The Morgan fingerprint density at radius 2 is 1.83 bits per heavy atom. The standard InChI is InChI=1S/C13H25N3O.HI/c1-14-13(15-9-11-5-2-3-6-11)16-10-12-7-4-8-17-12;/h11-12H,2-10H2,1H3,(H2,14,15,16);1H. The van der Waals surface area contributed by atoms with E-state index in [1.165, 1.54) is 38.5 Å². The molecule has 2 rings (SSSR count). The van der Waals surface area contributed by atoms with E-state index in [0.29, 0.717) is 6.10 Å². The van der Waals surface area contributed by atoms with Crippen molar-refractivity contribution in [3.8, 4) is 0 Å². The number of hydrogen-bond donors (Lipinski definition) is 2. The second kappa shape index (κ2) is 8.96. The van der Waals surface area contributed by atoms with Gasteiger partial charge in [-0.25, -0.2) is 0 Å². The number of nitrogens with zero attached hydrogens (tertiary/aromatic N) is 1. The second-order valence-corrected chi connectivity index (χ2v) is 5.12. The summed E-state index contributed by atoms with van der Waals surface area (Å²) in [5.74, 6) is 1.77. The zero-order valence-electron chi connectivity index (χ0n) is 11.3. The van der Waals surface area contributed by atoms with Crippen molar-refractivity contribution in [2.24, 2.45) is 10.9 Å². The van der Waals surface area contributed by atoms with Crippen molar-refractivity contribution in [1.82, 2.24) is 10.6 Å². The number of nitrogens with one attached hydrogen (secondary N) is 2. The van der Waals surface area contributed by atoms with Crippen LogP contribution in [0.5, 0.6) is 0 Å². The maximum absolute atomic E-state index is 5.58. The molecule has 0 spiro atoms. The van der Waals surface area contributed by atoms with Crippen LogP contribution in [0.25, 0.3) is 0 Å². The van der Waals surface area contributed by atoms with E-state index in [9.17, 15) is 0 Å². The highest BCUT2D eigenvalue weighted by atomic mass is 127. The number of hydrogen-bond acceptors (Lipinski definition) is 2. The van der Waals surface area contributed by atoms with Gasteiger partial charge in [-0.1, -0.05) is 12.8 Å². The third kappa shape index (κ3) is 5.30. The summed E-state index contributed by atoms with van der Waals surface area (Å²) in [6.45, 7) is 2.86. The largest absolute Gasteiger partial charge is 0.376 e. The lowest BCUT2D eigenvalue weighted by Crippen LogP contribution is -2.42. The average molecular weight is 367 g/mol. The maximum Gasteiger partial charge on any atom is 0.191 e. The first kappa shape index (κ1) is 16.0. The van der Waals surface area contributed by atoms with Crippen LogP contribution in [-0.2, 0) is 4.74 Å². The Morgan fingerprint density at radius 3 is 2.44 bits per heavy atom. The second-order valence-electron chi connectivity index (χ2n) is 5.12. The first-order valence-corrected chi connectivity index (χ1v) is 6.94. The molecule has 4 nitrogen and oxygen atoms in total. The van der Waals surface area contributed by atoms with Gasteiger partial charge in [0.1, 0.15) is 0 Å². The quantitative estimate of drug-likeness (QED) is 0.455. The summed E-state index contributed by atoms with van der Waals surface area (Å²) in [5, 5.41) is 6.77. The topological polar surface area (TPSA) is 45.7 Å². The van der Waals surface area contributed by atoms with Crippen molar-refractivity contribution in [3.05, 3.63) is 0 Å². The molecule has 106 valence electrons. The Morgan fingerprint density at radius 1 is 1.11 bits per heavy atom. The van der Waals surface area contributed by atoms with Crippen LogP contribution >= 0.6 is 24.0 Å². The maximum atomic E-state index is 5.58. The minimum absolute atomic E-state index is 0. The van der Waals surface area contributed by atoms with Gasteiger partial charge < -0.3 is 15.4 Å². The van der Waals surface area contributed by atoms with Gasteiger partial charge in [-0.05, 0) is 31.6 Å². The van der Waals surface area contributed by atoms with Gasteiger partial charge in [0.15, 0.2) is 5.96 Å². The van der Waals surface area contributed by atoms with E-state index in [0.717, 1.165) is 31.6 Å². The third-order valence-electron chi connectivity index (χ3n) is 3.78. The summed E-state index contributed by atoms with van der Waals surface area (Å²) in [5.41, 5.74) is 0. The Kier molecular flexibility index (Phi) is 7.97. The lowest BCUT2D eigenvalue weighted by molar-refractivity contribution is 0.114. The summed E-state index contributed by atoms with van der Waals surface area (Å²) in [6.07, 6.45) is 8.28. The molecule has 1 aliphatic heterocycles. The molecule has 0 amide bonds. The Labute approximate surface area is 127 Å². The highest BCUT2D eigenvalue weighted by Gasteiger charge is 2.17. The van der Waals surface area contributed by atoms with E-state index in [1.807, 2.05) is 7.05 Å². The molecule has 1 saturated heterocycles. The number of guanidine groups is 1. The summed E-state index contributed by atoms with van der Waals surface area (Å²) in [6, 6.07) is 0. The molecule has 18 heavy (non-hydrogen) atoms. The molecule has 1 aliphatic carbocycles. The molecule has 2 N–H and O–H groups in total. The lowest BCUT2D eigenvalue weighted by Gasteiger charge is -2.17. The zero-order chi connectivity index (χ0) is 11.9. The van der Waals surface area contributed by atoms with E-state index >= 15 is 0 Å². The third-order valence-corrected chi connectivity index (χ3v) is 3.78. The molecular formula is C13H26IN3O. The average Bonchev–Trinajstić information content (AvgIpc) is 3.02. The van der Waals surface area contributed by atoms with Gasteiger partial charge >= 0.3 is 0 Å². The minimum atomic E-state index is 0. The Balaban J connectivity index is 0.00000162. The molecule has 1 unspecified atom stereocenters. The predicted octanol–water partition coefficient (Wildman–Crippen LogP) is 2.14. The van der Waals surface area contributed by atoms with Gasteiger partial charge in [0.2, 0.25) is 0 Å². The monoisotopic (exact) mass is 367 g/mol. The normalized spacial score (nSPS) is 24.9. The Bertz CT molecular complexity index is 227. The Hall–Kier alpha value is -0.0400. The fourth-order valence-electron chi connectivity index (χ4n) is 2.69. The number of ether oxygens (including phenoxy) is 1. The predicted molar refractivity (Wildman–Crippen MR) is 85.7 cm³/mol. The first-order valence-electron chi connectivity index (χ1n) is 6.94. The van der Waals surface area contributed by atoms with E-state index in [4.69, 9.17) is 4.74 Å². The van der Waals surface area contributed by atoms with Crippen LogP contribution in [0.4, 0.5) is 0 Å². The minimum Gasteiger partial charge on any atom is -0.376 e. The van der Waals surface area contributed by atoms with Crippen LogP contribution < -0.4 is 10.6 Å². The summed E-state index contributed by atoms with van der Waals surface area (Å²) in [7, 11) is 1.83. The fourth-order valence-corrected chi connectivity index (χ4v) is 2.69. The van der Waals surface area contributed by atoms with Gasteiger partial charge in [0, 0.05) is 26.7 Å². The summed E-state index contributed by atoms with van der Waals surface area (Å²) >= 11 is 0. The van der Waals surface area contributed by atoms with Gasteiger partial charge in [-0.2, -0.15) is 0 Å². The molecule has 1 atom stereocenters. The van der Waals surface area contributed by atoms with Gasteiger partial charge in [0.05, 0.1) is 6.10 Å². The van der Waals surface area contributed by atoms with E-state index in [-0.39, 0.29) is 24.0 Å². The zero-order valence-corrected chi connectivity index (χ0v) is 13.6. The molecule has 2 fully saturated rings. The van der Waals surface area contributed by atoms with Crippen LogP contribution in [0.1, 0.15) is 38.5 Å². The number of rotatable bonds is 4. The van der Waals surface area contributed by atoms with Crippen LogP contribution in [0.15, 0.2) is 4.99 Å². The van der Waals surface area contributed by atoms with Crippen molar-refractivity contribution in [3.63, 3.8) is 0 Å². The molecule has 1 heterocycles. The fraction of sp³-hybridized carbons (Fsp3) is 0.923. The molecule has 0 aromatic carbocycles. The molecule has 0 aromatic heterocycles. The highest BCUT2D eigenvalue weighted by molar-refractivity contribution is 14.0. The van der Waals surface area contributed by atoms with Gasteiger partial charge in [-0.3, -0.25) is 4.99 Å². The van der Waals surface area contributed by atoms with Gasteiger partial charge in [-0.15, -0.1) is 24.0 Å². The molecule has 0 bridgehead atoms. The molecule has 1 saturated carbocycles. The molecule has 2 aliphatic rings. The first-order chi connectivity index (χ1) is 8.38.